The molecule has 6 rings (SSSR count). The summed E-state index contributed by atoms with van der Waals surface area (Å²) < 4.78 is 16.3. The van der Waals surface area contributed by atoms with Crippen LogP contribution in [0.3, 0.4) is 0 Å². The van der Waals surface area contributed by atoms with E-state index in [0.29, 0.717) is 33.8 Å². The first-order valence-corrected chi connectivity index (χ1v) is 11.8. The summed E-state index contributed by atoms with van der Waals surface area (Å²) in [6, 6.07) is 19.6. The zero-order valence-corrected chi connectivity index (χ0v) is 19.0. The van der Waals surface area contributed by atoms with Crippen LogP contribution in [0.1, 0.15) is 25.7 Å². The van der Waals surface area contributed by atoms with Crippen molar-refractivity contribution in [3.8, 4) is 22.4 Å². The topological polar surface area (TPSA) is 67.2 Å². The highest BCUT2D eigenvalue weighted by atomic mass is 19.1. The number of aliphatic hydroxyl groups is 1. The fourth-order valence-corrected chi connectivity index (χ4v) is 5.17. The van der Waals surface area contributed by atoms with E-state index in [-0.39, 0.29) is 17.4 Å². The molecule has 2 fully saturated rings. The van der Waals surface area contributed by atoms with Gasteiger partial charge in [0.15, 0.2) is 0 Å². The molecule has 2 N–H and O–H groups in total. The van der Waals surface area contributed by atoms with Crippen LogP contribution in [0.25, 0.3) is 33.4 Å². The van der Waals surface area contributed by atoms with Gasteiger partial charge in [0.05, 0.1) is 28.4 Å². The maximum Gasteiger partial charge on any atom is 0.250 e. The molecule has 2 aromatic heterocycles. The van der Waals surface area contributed by atoms with E-state index in [1.165, 1.54) is 16.7 Å². The van der Waals surface area contributed by atoms with Crippen LogP contribution in [0, 0.1) is 11.7 Å². The largest absolute Gasteiger partial charge is 0.387 e. The minimum atomic E-state index is -0.577. The first-order valence-electron chi connectivity index (χ1n) is 11.8. The van der Waals surface area contributed by atoms with Gasteiger partial charge in [0.2, 0.25) is 0 Å². The molecule has 0 amide bonds. The number of anilines is 1. The van der Waals surface area contributed by atoms with Gasteiger partial charge < -0.3 is 15.0 Å². The molecule has 2 saturated carbocycles. The molecule has 2 aliphatic carbocycles. The number of fused-ring (bicyclic) bond motifs is 1. The van der Waals surface area contributed by atoms with E-state index < -0.39 is 5.60 Å². The van der Waals surface area contributed by atoms with Crippen molar-refractivity contribution in [1.82, 2.24) is 9.55 Å². The Hall–Kier alpha value is -3.51. The van der Waals surface area contributed by atoms with Crippen molar-refractivity contribution in [3.05, 3.63) is 82.9 Å². The van der Waals surface area contributed by atoms with Gasteiger partial charge in [-0.3, -0.25) is 4.79 Å². The third-order valence-corrected chi connectivity index (χ3v) is 7.49. The summed E-state index contributed by atoms with van der Waals surface area (Å²) in [4.78, 5) is 17.0. The molecule has 0 radical (unpaired) electrons. The minimum Gasteiger partial charge on any atom is -0.387 e. The maximum atomic E-state index is 14.8. The number of pyridine rings is 2. The van der Waals surface area contributed by atoms with Gasteiger partial charge in [0, 0.05) is 35.5 Å². The van der Waals surface area contributed by atoms with Crippen LogP contribution in [0.5, 0.6) is 0 Å². The Bertz CT molecular complexity index is 1460. The van der Waals surface area contributed by atoms with Gasteiger partial charge >= 0.3 is 0 Å². The molecule has 2 heterocycles. The number of rotatable bonds is 5. The van der Waals surface area contributed by atoms with Crippen molar-refractivity contribution in [2.75, 3.05) is 5.32 Å². The molecule has 5 nitrogen and oxygen atoms in total. The maximum absolute atomic E-state index is 14.8. The normalized spacial score (nSPS) is 21.9. The quantitative estimate of drug-likeness (QED) is 0.438. The van der Waals surface area contributed by atoms with Crippen LogP contribution in [0.2, 0.25) is 0 Å². The van der Waals surface area contributed by atoms with Crippen LogP contribution < -0.4 is 10.9 Å². The summed E-state index contributed by atoms with van der Waals surface area (Å²) >= 11 is 0. The molecule has 2 unspecified atom stereocenters. The lowest BCUT2D eigenvalue weighted by atomic mass is 9.71. The monoisotopic (exact) mass is 455 g/mol. The molecule has 172 valence electrons. The molecule has 2 atom stereocenters. The molecule has 6 heteroatoms. The van der Waals surface area contributed by atoms with Gasteiger partial charge in [-0.05, 0) is 61.9 Å². The van der Waals surface area contributed by atoms with Crippen LogP contribution in [-0.2, 0) is 7.05 Å². The van der Waals surface area contributed by atoms with Crippen molar-refractivity contribution in [2.45, 2.75) is 37.3 Å². The van der Waals surface area contributed by atoms with Crippen molar-refractivity contribution < 1.29 is 9.50 Å². The van der Waals surface area contributed by atoms with Crippen LogP contribution in [0.4, 0.5) is 10.1 Å². The van der Waals surface area contributed by atoms with Gasteiger partial charge in [-0.15, -0.1) is 0 Å². The van der Waals surface area contributed by atoms with Gasteiger partial charge in [0.25, 0.3) is 5.56 Å². The van der Waals surface area contributed by atoms with E-state index in [0.717, 1.165) is 36.9 Å². The number of aromatic nitrogens is 2. The van der Waals surface area contributed by atoms with Gasteiger partial charge in [-0.25, -0.2) is 9.37 Å². The number of benzene rings is 2. The standard InChI is InChI=1S/C28H26FN3O2/c1-32-24-16-21(20-4-2-3-5-22(20)29)27(31-23(24)12-13-26(32)33)17-6-10-19(11-7-17)30-25-14-15-28(25,34)18-8-9-18/h2-7,10-13,16,18,25,30,34H,8-9,14-15H2,1H3. The van der Waals surface area contributed by atoms with E-state index in [1.54, 1.807) is 31.3 Å². The zero-order valence-electron chi connectivity index (χ0n) is 19.0. The highest BCUT2D eigenvalue weighted by Gasteiger charge is 2.54. The fraction of sp³-hybridized carbons (Fsp3) is 0.286. The average molecular weight is 456 g/mol. The van der Waals surface area contributed by atoms with E-state index >= 15 is 0 Å². The van der Waals surface area contributed by atoms with Crippen molar-refractivity contribution in [2.24, 2.45) is 13.0 Å². The summed E-state index contributed by atoms with van der Waals surface area (Å²) in [6.07, 6.45) is 4.07. The Morgan fingerprint density at radius 1 is 1.03 bits per heavy atom. The lowest BCUT2D eigenvalue weighted by molar-refractivity contribution is -0.0655. The highest BCUT2D eigenvalue weighted by molar-refractivity contribution is 5.90. The SMILES string of the molecule is Cn1c(=O)ccc2nc(-c3ccc(NC4CCC4(O)C4CC4)cc3)c(-c3ccccc3F)cc21. The molecule has 0 bridgehead atoms. The Balaban J connectivity index is 1.41. The summed E-state index contributed by atoms with van der Waals surface area (Å²) in [7, 11) is 1.70. The molecule has 34 heavy (non-hydrogen) atoms. The van der Waals surface area contributed by atoms with Crippen LogP contribution in [0.15, 0.2) is 71.5 Å². The number of hydrogen-bond donors (Lipinski definition) is 2. The number of hydrogen-bond acceptors (Lipinski definition) is 4. The molecule has 0 aliphatic heterocycles. The average Bonchev–Trinajstić information content (AvgIpc) is 3.70. The molecule has 2 aromatic carbocycles. The molecule has 2 aliphatic rings. The lowest BCUT2D eigenvalue weighted by Crippen LogP contribution is -2.57. The summed E-state index contributed by atoms with van der Waals surface area (Å²) in [5, 5.41) is 14.4. The molecule has 0 spiro atoms. The van der Waals surface area contributed by atoms with E-state index in [9.17, 15) is 14.3 Å². The van der Waals surface area contributed by atoms with Crippen molar-refractivity contribution in [1.29, 1.82) is 0 Å². The predicted molar refractivity (Wildman–Crippen MR) is 132 cm³/mol. The highest BCUT2D eigenvalue weighted by Crippen LogP contribution is 2.51. The second kappa shape index (κ2) is 7.77. The Labute approximate surface area is 196 Å². The second-order valence-electron chi connectivity index (χ2n) is 9.58. The number of nitrogens with one attached hydrogen (secondary N) is 1. The van der Waals surface area contributed by atoms with E-state index in [1.807, 2.05) is 30.3 Å². The van der Waals surface area contributed by atoms with Crippen molar-refractivity contribution >= 4 is 16.7 Å². The van der Waals surface area contributed by atoms with Crippen molar-refractivity contribution in [3.63, 3.8) is 0 Å². The van der Waals surface area contributed by atoms with Gasteiger partial charge in [0.1, 0.15) is 5.82 Å². The number of nitrogens with zero attached hydrogens (tertiary/aromatic N) is 2. The third kappa shape index (κ3) is 3.41. The predicted octanol–water partition coefficient (Wildman–Crippen LogP) is 5.12. The van der Waals surface area contributed by atoms with Crippen LogP contribution in [-0.4, -0.2) is 26.3 Å². The molecular weight excluding hydrogens is 429 g/mol. The van der Waals surface area contributed by atoms with Gasteiger partial charge in [-0.2, -0.15) is 0 Å². The van der Waals surface area contributed by atoms with Crippen LogP contribution >= 0.6 is 0 Å². The third-order valence-electron chi connectivity index (χ3n) is 7.49. The summed E-state index contributed by atoms with van der Waals surface area (Å²) in [5.74, 6) is 0.0903. The zero-order chi connectivity index (χ0) is 23.4. The molecular formula is C28H26FN3O2. The second-order valence-corrected chi connectivity index (χ2v) is 9.58. The summed E-state index contributed by atoms with van der Waals surface area (Å²) in [6.45, 7) is 0. The smallest absolute Gasteiger partial charge is 0.250 e. The minimum absolute atomic E-state index is 0.0832. The molecule has 4 aromatic rings. The number of aryl methyl sites for hydroxylation is 1. The first-order chi connectivity index (χ1) is 16.4. The van der Waals surface area contributed by atoms with E-state index in [4.69, 9.17) is 4.98 Å². The summed E-state index contributed by atoms with van der Waals surface area (Å²) in [5.41, 5.74) is 4.13. The Morgan fingerprint density at radius 3 is 2.47 bits per heavy atom. The lowest BCUT2D eigenvalue weighted by Gasteiger charge is -2.46. The van der Waals surface area contributed by atoms with Gasteiger partial charge in [-0.1, -0.05) is 30.3 Å². The fourth-order valence-electron chi connectivity index (χ4n) is 5.17. The number of halogens is 1. The van der Waals surface area contributed by atoms with E-state index in [2.05, 4.69) is 5.32 Å². The molecule has 0 saturated heterocycles. The Kier molecular flexibility index (Phi) is 4.81. The Morgan fingerprint density at radius 2 is 1.79 bits per heavy atom. The first kappa shape index (κ1) is 21.1.